The van der Waals surface area contributed by atoms with Gasteiger partial charge in [0.2, 0.25) is 5.91 Å². The fraction of sp³-hybridized carbons (Fsp3) is 0.824. The molecule has 2 saturated carbocycles. The smallest absolute Gasteiger partial charge is 0.226 e. The lowest BCUT2D eigenvalue weighted by atomic mass is 9.95. The summed E-state index contributed by atoms with van der Waals surface area (Å²) in [5.41, 5.74) is 0. The molecule has 0 bridgehead atoms. The molecule has 1 saturated heterocycles. The number of carbonyl (C=O) groups is 1. The fourth-order valence-corrected chi connectivity index (χ4v) is 5.14. The third-order valence-corrected chi connectivity index (χ3v) is 6.53. The first-order valence-corrected chi connectivity index (χ1v) is 9.55. The van der Waals surface area contributed by atoms with E-state index in [4.69, 9.17) is 12.2 Å². The number of amides is 1. The van der Waals surface area contributed by atoms with E-state index in [0.29, 0.717) is 34.3 Å². The maximum absolute atomic E-state index is 12.8. The highest BCUT2D eigenvalue weighted by molar-refractivity contribution is 7.71. The van der Waals surface area contributed by atoms with Gasteiger partial charge in [0.25, 0.3) is 0 Å². The van der Waals surface area contributed by atoms with Gasteiger partial charge in [-0.05, 0) is 56.7 Å². The highest BCUT2D eigenvalue weighted by Crippen LogP contribution is 2.56. The molecule has 2 heterocycles. The number of carbonyl (C=O) groups excluding carboxylic acids is 1. The maximum atomic E-state index is 12.8. The molecule has 0 radical (unpaired) electrons. The van der Waals surface area contributed by atoms with Crippen LogP contribution in [-0.2, 0) is 11.3 Å². The zero-order valence-corrected chi connectivity index (χ0v) is 14.6. The van der Waals surface area contributed by atoms with Gasteiger partial charge in [-0.15, -0.1) is 0 Å². The number of piperidine rings is 1. The molecule has 1 aliphatic heterocycles. The average Bonchev–Trinajstić information content (AvgIpc) is 3.20. The molecule has 3 aliphatic rings. The van der Waals surface area contributed by atoms with Crippen LogP contribution in [0, 0.1) is 22.5 Å². The van der Waals surface area contributed by atoms with E-state index in [2.05, 4.69) is 26.6 Å². The molecule has 0 aromatic carbocycles. The first kappa shape index (κ1) is 15.4. The van der Waals surface area contributed by atoms with E-state index in [1.54, 1.807) is 0 Å². The first-order chi connectivity index (χ1) is 11.2. The molecular weight excluding hydrogens is 308 g/mol. The van der Waals surface area contributed by atoms with Gasteiger partial charge in [0.05, 0.1) is 0 Å². The Balaban J connectivity index is 1.37. The van der Waals surface area contributed by atoms with E-state index in [1.807, 2.05) is 0 Å². The van der Waals surface area contributed by atoms with Crippen molar-refractivity contribution in [2.24, 2.45) is 17.8 Å². The summed E-state index contributed by atoms with van der Waals surface area (Å²) < 4.78 is 2.80. The van der Waals surface area contributed by atoms with E-state index in [-0.39, 0.29) is 0 Å². The lowest BCUT2D eigenvalue weighted by Gasteiger charge is -2.32. The van der Waals surface area contributed by atoms with Crippen LogP contribution in [0.3, 0.4) is 0 Å². The van der Waals surface area contributed by atoms with Crippen LogP contribution >= 0.6 is 12.2 Å². The van der Waals surface area contributed by atoms with Crippen molar-refractivity contribution < 1.29 is 4.79 Å². The van der Waals surface area contributed by atoms with Crippen LogP contribution in [0.15, 0.2) is 0 Å². The van der Waals surface area contributed by atoms with Crippen LogP contribution in [0.4, 0.5) is 0 Å². The van der Waals surface area contributed by atoms with Gasteiger partial charge in [-0.3, -0.25) is 9.89 Å². The molecule has 0 unspecified atom stereocenters. The third kappa shape index (κ3) is 2.65. The topological polar surface area (TPSA) is 53.9 Å². The predicted octanol–water partition coefficient (Wildman–Crippen LogP) is 3.10. The number of H-pyrrole nitrogens is 1. The van der Waals surface area contributed by atoms with E-state index in [9.17, 15) is 4.79 Å². The number of nitrogens with one attached hydrogen (secondary N) is 1. The number of aromatic amines is 1. The van der Waals surface area contributed by atoms with Crippen molar-refractivity contribution in [3.63, 3.8) is 0 Å². The van der Waals surface area contributed by atoms with Gasteiger partial charge in [-0.25, -0.2) is 0 Å². The molecule has 1 aromatic rings. The van der Waals surface area contributed by atoms with Crippen LogP contribution in [0.5, 0.6) is 0 Å². The van der Waals surface area contributed by atoms with E-state index >= 15 is 0 Å². The van der Waals surface area contributed by atoms with Crippen molar-refractivity contribution in [2.75, 3.05) is 13.1 Å². The van der Waals surface area contributed by atoms with Crippen molar-refractivity contribution in [1.82, 2.24) is 19.7 Å². The van der Waals surface area contributed by atoms with Gasteiger partial charge in [0.1, 0.15) is 5.82 Å². The van der Waals surface area contributed by atoms with Crippen molar-refractivity contribution in [1.29, 1.82) is 0 Å². The van der Waals surface area contributed by atoms with Gasteiger partial charge in [-0.2, -0.15) is 5.10 Å². The average molecular weight is 334 g/mol. The molecular formula is C17H26N4OS. The van der Waals surface area contributed by atoms with Gasteiger partial charge in [-0.1, -0.05) is 12.8 Å². The highest BCUT2D eigenvalue weighted by atomic mass is 32.1. The minimum absolute atomic E-state index is 0.360. The molecule has 5 nitrogen and oxygen atoms in total. The molecule has 1 N–H and O–H groups in total. The Kier molecular flexibility index (Phi) is 4.03. The summed E-state index contributed by atoms with van der Waals surface area (Å²) in [7, 11) is 0. The first-order valence-electron chi connectivity index (χ1n) is 9.14. The second kappa shape index (κ2) is 6.04. The van der Waals surface area contributed by atoms with Crippen molar-refractivity contribution >= 4 is 18.1 Å². The Hall–Kier alpha value is -1.17. The lowest BCUT2D eigenvalue weighted by Crippen LogP contribution is -2.39. The molecule has 23 heavy (non-hydrogen) atoms. The van der Waals surface area contributed by atoms with Crippen LogP contribution in [-0.4, -0.2) is 38.7 Å². The zero-order valence-electron chi connectivity index (χ0n) is 13.8. The molecule has 1 aromatic heterocycles. The predicted molar refractivity (Wildman–Crippen MR) is 90.6 cm³/mol. The van der Waals surface area contributed by atoms with Gasteiger partial charge >= 0.3 is 0 Å². The Morgan fingerprint density at radius 2 is 1.87 bits per heavy atom. The summed E-state index contributed by atoms with van der Waals surface area (Å²) in [6.07, 6.45) is 7.23. The summed E-state index contributed by atoms with van der Waals surface area (Å²) in [4.78, 5) is 14.9. The van der Waals surface area contributed by atoms with Crippen LogP contribution in [0.2, 0.25) is 0 Å². The monoisotopic (exact) mass is 334 g/mol. The number of hydrogen-bond donors (Lipinski definition) is 1. The van der Waals surface area contributed by atoms with Gasteiger partial charge in [0, 0.05) is 31.5 Å². The molecule has 6 heteroatoms. The summed E-state index contributed by atoms with van der Waals surface area (Å²) in [5, 5.41) is 7.35. The molecule has 4 rings (SSSR count). The van der Waals surface area contributed by atoms with E-state index in [0.717, 1.165) is 38.3 Å². The molecule has 0 spiro atoms. The van der Waals surface area contributed by atoms with Crippen molar-refractivity contribution in [3.05, 3.63) is 10.6 Å². The highest BCUT2D eigenvalue weighted by Gasteiger charge is 2.55. The maximum Gasteiger partial charge on any atom is 0.226 e. The molecule has 126 valence electrons. The number of rotatable bonds is 3. The Labute approximate surface area is 142 Å². The summed E-state index contributed by atoms with van der Waals surface area (Å²) in [5.74, 6) is 3.72. The van der Waals surface area contributed by atoms with Gasteiger partial charge in [0.15, 0.2) is 4.77 Å². The molecule has 1 amide bonds. The standard InChI is InChI=1S/C17H26N4OS/c1-2-21-15(18-19-17(21)23)11-7-9-20(10-8-11)16(22)14-12-5-3-4-6-13(12)14/h11-14H,2-10H2,1H3,(H,19,23)/t12-,13-/m0/s1. The lowest BCUT2D eigenvalue weighted by molar-refractivity contribution is -0.134. The number of hydrogen-bond acceptors (Lipinski definition) is 3. The quantitative estimate of drug-likeness (QED) is 0.864. The van der Waals surface area contributed by atoms with Crippen molar-refractivity contribution in [3.8, 4) is 0 Å². The Morgan fingerprint density at radius 1 is 1.22 bits per heavy atom. The minimum atomic E-state index is 0.360. The SMILES string of the molecule is CCn1c(C2CCN(C(=O)C3[C@H]4CCCC[C@H]34)CC2)n[nH]c1=S. The number of nitrogens with zero attached hydrogens (tertiary/aromatic N) is 3. The largest absolute Gasteiger partial charge is 0.342 e. The number of fused-ring (bicyclic) bond motifs is 1. The second-order valence-electron chi connectivity index (χ2n) is 7.37. The number of aromatic nitrogens is 3. The van der Waals surface area contributed by atoms with E-state index in [1.165, 1.54) is 25.7 Å². The second-order valence-corrected chi connectivity index (χ2v) is 7.76. The third-order valence-electron chi connectivity index (χ3n) is 6.22. The normalized spacial score (nSPS) is 31.0. The summed E-state index contributed by atoms with van der Waals surface area (Å²) in [6, 6.07) is 0. The van der Waals surface area contributed by atoms with Crippen molar-refractivity contribution in [2.45, 2.75) is 57.9 Å². The molecule has 2 aliphatic carbocycles. The van der Waals surface area contributed by atoms with Gasteiger partial charge < -0.3 is 9.47 Å². The van der Waals surface area contributed by atoms with Crippen LogP contribution in [0.25, 0.3) is 0 Å². The zero-order chi connectivity index (χ0) is 16.0. The summed E-state index contributed by atoms with van der Waals surface area (Å²) >= 11 is 5.29. The molecule has 3 fully saturated rings. The fourth-order valence-electron chi connectivity index (χ4n) is 4.87. The van der Waals surface area contributed by atoms with Crippen LogP contribution < -0.4 is 0 Å². The Morgan fingerprint density at radius 3 is 2.48 bits per heavy atom. The van der Waals surface area contributed by atoms with Crippen LogP contribution in [0.1, 0.15) is 57.2 Å². The van der Waals surface area contributed by atoms with E-state index < -0.39 is 0 Å². The molecule has 2 atom stereocenters. The minimum Gasteiger partial charge on any atom is -0.342 e. The summed E-state index contributed by atoms with van der Waals surface area (Å²) in [6.45, 7) is 4.71. The number of likely N-dealkylation sites (tertiary alicyclic amines) is 1. The Bertz CT molecular complexity index is 631.